The van der Waals surface area contributed by atoms with Crippen molar-refractivity contribution >= 4 is 5.88 Å². The van der Waals surface area contributed by atoms with E-state index in [9.17, 15) is 0 Å². The molecule has 0 saturated carbocycles. The third kappa shape index (κ3) is 1.57. The van der Waals surface area contributed by atoms with Crippen molar-refractivity contribution in [2.24, 2.45) is 5.73 Å². The number of nitrogens with two attached hydrogens (primary N) is 1. The molecule has 4 heteroatoms. The van der Waals surface area contributed by atoms with Crippen LogP contribution in [0.1, 0.15) is 11.8 Å². The number of nitrogens with zero attached hydrogens (tertiary/aromatic N) is 2. The van der Waals surface area contributed by atoms with Gasteiger partial charge in [0, 0.05) is 20.2 Å². The normalized spacial score (nSPS) is 12.2. The maximum Gasteiger partial charge on any atom is 0.195 e. The van der Waals surface area contributed by atoms with Gasteiger partial charge in [-0.25, -0.2) is 0 Å². The smallest absolute Gasteiger partial charge is 0.195 e. The van der Waals surface area contributed by atoms with Crippen LogP contribution < -0.4 is 10.6 Å². The molecule has 64 valence electrons. The first-order chi connectivity index (χ1) is 5.65. The van der Waals surface area contributed by atoms with E-state index in [4.69, 9.17) is 15.4 Å². The summed E-state index contributed by atoms with van der Waals surface area (Å²) in [6.07, 6.45) is 0. The maximum absolute atomic E-state index is 8.49. The molecule has 0 bridgehead atoms. The van der Waals surface area contributed by atoms with Crippen LogP contribution in [-0.2, 0) is 0 Å². The fourth-order valence-electron chi connectivity index (χ4n) is 0.813. The summed E-state index contributed by atoms with van der Waals surface area (Å²) in [6.45, 7) is 0. The lowest BCUT2D eigenvalue weighted by Gasteiger charge is -2.06. The van der Waals surface area contributed by atoms with Gasteiger partial charge in [0.15, 0.2) is 11.9 Å². The molecule has 0 aliphatic rings. The van der Waals surface area contributed by atoms with Gasteiger partial charge in [0.2, 0.25) is 0 Å². The molecule has 1 heterocycles. The molecule has 0 fully saturated rings. The minimum atomic E-state index is -0.668. The monoisotopic (exact) mass is 165 g/mol. The zero-order chi connectivity index (χ0) is 9.14. The molecule has 0 spiro atoms. The van der Waals surface area contributed by atoms with Gasteiger partial charge < -0.3 is 15.1 Å². The second-order valence-electron chi connectivity index (χ2n) is 2.68. The van der Waals surface area contributed by atoms with Gasteiger partial charge in [0.1, 0.15) is 5.76 Å². The molecule has 1 rings (SSSR count). The Bertz CT molecular complexity index is 297. The lowest BCUT2D eigenvalue weighted by Crippen LogP contribution is -2.08. The van der Waals surface area contributed by atoms with Gasteiger partial charge in [-0.1, -0.05) is 0 Å². The number of furan rings is 1. The van der Waals surface area contributed by atoms with Crippen LogP contribution in [-0.4, -0.2) is 14.1 Å². The molecule has 4 nitrogen and oxygen atoms in total. The van der Waals surface area contributed by atoms with Crippen molar-refractivity contribution in [3.05, 3.63) is 17.9 Å². The van der Waals surface area contributed by atoms with Crippen molar-refractivity contribution in [2.75, 3.05) is 19.0 Å². The second kappa shape index (κ2) is 3.28. The van der Waals surface area contributed by atoms with Gasteiger partial charge in [0.05, 0.1) is 6.07 Å². The highest BCUT2D eigenvalue weighted by atomic mass is 16.4. The molecule has 0 aliphatic carbocycles. The Kier molecular flexibility index (Phi) is 2.36. The number of anilines is 1. The molecule has 0 amide bonds. The van der Waals surface area contributed by atoms with Crippen LogP contribution in [0.3, 0.4) is 0 Å². The standard InChI is InChI=1S/C8H11N3O/c1-11(2)8-4-3-7(12-8)6(10)5-9/h3-4,6H,10H2,1-2H3/t6-/m0/s1. The highest BCUT2D eigenvalue weighted by Gasteiger charge is 2.09. The predicted octanol–water partition coefficient (Wildman–Crippen LogP) is 0.869. The zero-order valence-corrected chi connectivity index (χ0v) is 7.11. The molecule has 0 aliphatic heterocycles. The zero-order valence-electron chi connectivity index (χ0n) is 7.11. The molecule has 0 saturated heterocycles. The van der Waals surface area contributed by atoms with E-state index in [1.54, 1.807) is 12.1 Å². The van der Waals surface area contributed by atoms with Crippen LogP contribution in [0.5, 0.6) is 0 Å². The predicted molar refractivity (Wildman–Crippen MR) is 45.6 cm³/mol. The molecular formula is C8H11N3O. The summed E-state index contributed by atoms with van der Waals surface area (Å²) in [5.41, 5.74) is 5.43. The molecule has 2 N–H and O–H groups in total. The minimum absolute atomic E-state index is 0.501. The molecule has 1 aromatic heterocycles. The van der Waals surface area contributed by atoms with Crippen LogP contribution in [0, 0.1) is 11.3 Å². The minimum Gasteiger partial charge on any atom is -0.443 e. The average molecular weight is 165 g/mol. The van der Waals surface area contributed by atoms with Crippen molar-refractivity contribution in [1.82, 2.24) is 0 Å². The van der Waals surface area contributed by atoms with E-state index in [0.29, 0.717) is 11.6 Å². The van der Waals surface area contributed by atoms with Gasteiger partial charge in [-0.15, -0.1) is 0 Å². The number of hydrogen-bond donors (Lipinski definition) is 1. The van der Waals surface area contributed by atoms with Crippen molar-refractivity contribution < 1.29 is 4.42 Å². The Labute approximate surface area is 71.2 Å². The third-order valence-electron chi connectivity index (χ3n) is 1.50. The summed E-state index contributed by atoms with van der Waals surface area (Å²) >= 11 is 0. The average Bonchev–Trinajstić information content (AvgIpc) is 2.51. The molecule has 12 heavy (non-hydrogen) atoms. The highest BCUT2D eigenvalue weighted by molar-refractivity contribution is 5.35. The van der Waals surface area contributed by atoms with Gasteiger partial charge in [0.25, 0.3) is 0 Å². The summed E-state index contributed by atoms with van der Waals surface area (Å²) in [5, 5.41) is 8.49. The summed E-state index contributed by atoms with van der Waals surface area (Å²) in [4.78, 5) is 1.81. The topological polar surface area (TPSA) is 66.2 Å². The number of hydrogen-bond acceptors (Lipinski definition) is 4. The van der Waals surface area contributed by atoms with Gasteiger partial charge in [-0.05, 0) is 6.07 Å². The van der Waals surface area contributed by atoms with Crippen LogP contribution >= 0.6 is 0 Å². The second-order valence-corrected chi connectivity index (χ2v) is 2.68. The fourth-order valence-corrected chi connectivity index (χ4v) is 0.813. The quantitative estimate of drug-likeness (QED) is 0.706. The largest absolute Gasteiger partial charge is 0.443 e. The SMILES string of the molecule is CN(C)c1ccc([C@@H](N)C#N)o1. The highest BCUT2D eigenvalue weighted by Crippen LogP contribution is 2.19. The molecule has 1 aromatic rings. The van der Waals surface area contributed by atoms with E-state index in [2.05, 4.69) is 0 Å². The van der Waals surface area contributed by atoms with Crippen molar-refractivity contribution in [2.45, 2.75) is 6.04 Å². The summed E-state index contributed by atoms with van der Waals surface area (Å²) in [7, 11) is 3.72. The Morgan fingerprint density at radius 3 is 2.67 bits per heavy atom. The van der Waals surface area contributed by atoms with E-state index in [-0.39, 0.29) is 0 Å². The lowest BCUT2D eigenvalue weighted by molar-refractivity contribution is 0.498. The summed E-state index contributed by atoms with van der Waals surface area (Å²) in [6, 6.07) is 4.73. The van der Waals surface area contributed by atoms with E-state index in [1.165, 1.54) is 0 Å². The van der Waals surface area contributed by atoms with Gasteiger partial charge >= 0.3 is 0 Å². The van der Waals surface area contributed by atoms with Crippen molar-refractivity contribution in [1.29, 1.82) is 5.26 Å². The Hall–Kier alpha value is -1.47. The Morgan fingerprint density at radius 1 is 1.58 bits per heavy atom. The first kappa shape index (κ1) is 8.62. The van der Waals surface area contributed by atoms with E-state index in [0.717, 1.165) is 0 Å². The van der Waals surface area contributed by atoms with Gasteiger partial charge in [-0.2, -0.15) is 5.26 Å². The van der Waals surface area contributed by atoms with Crippen molar-refractivity contribution in [3.8, 4) is 6.07 Å². The molecule has 0 aromatic carbocycles. The number of rotatable bonds is 2. The molecule has 1 atom stereocenters. The Balaban J connectivity index is 2.86. The van der Waals surface area contributed by atoms with Crippen LogP contribution in [0.4, 0.5) is 5.88 Å². The fraction of sp³-hybridized carbons (Fsp3) is 0.375. The molecular weight excluding hydrogens is 154 g/mol. The first-order valence-corrected chi connectivity index (χ1v) is 3.57. The third-order valence-corrected chi connectivity index (χ3v) is 1.50. The summed E-state index contributed by atoms with van der Waals surface area (Å²) in [5.74, 6) is 1.21. The summed E-state index contributed by atoms with van der Waals surface area (Å²) < 4.78 is 5.28. The van der Waals surface area contributed by atoms with E-state index < -0.39 is 6.04 Å². The number of nitriles is 1. The first-order valence-electron chi connectivity index (χ1n) is 3.57. The van der Waals surface area contributed by atoms with E-state index in [1.807, 2.05) is 25.1 Å². The lowest BCUT2D eigenvalue weighted by atomic mass is 10.3. The van der Waals surface area contributed by atoms with Crippen LogP contribution in [0.2, 0.25) is 0 Å². The molecule has 0 radical (unpaired) electrons. The van der Waals surface area contributed by atoms with Crippen LogP contribution in [0.15, 0.2) is 16.5 Å². The van der Waals surface area contributed by atoms with Gasteiger partial charge in [-0.3, -0.25) is 0 Å². The Morgan fingerprint density at radius 2 is 2.25 bits per heavy atom. The molecule has 0 unspecified atom stereocenters. The van der Waals surface area contributed by atoms with E-state index >= 15 is 0 Å². The van der Waals surface area contributed by atoms with Crippen LogP contribution in [0.25, 0.3) is 0 Å². The van der Waals surface area contributed by atoms with Crippen molar-refractivity contribution in [3.63, 3.8) is 0 Å². The maximum atomic E-state index is 8.49.